The third kappa shape index (κ3) is 3.89. The normalized spacial score (nSPS) is 15.4. The SMILES string of the molecule is CC(C)(C)[N+](=O)C(F)(F)C(F)(F)OC(F)(F)C(F)(F)I. The zero-order chi connectivity index (χ0) is 16.8. The van der Waals surface area contributed by atoms with Crippen LogP contribution in [0.3, 0.4) is 0 Å². The van der Waals surface area contributed by atoms with Crippen molar-refractivity contribution in [2.75, 3.05) is 0 Å². The number of halogens is 9. The lowest BCUT2D eigenvalue weighted by atomic mass is 10.1. The van der Waals surface area contributed by atoms with Crippen LogP contribution in [0.25, 0.3) is 0 Å². The van der Waals surface area contributed by atoms with Gasteiger partial charge >= 0.3 is 22.2 Å². The second-order valence-corrected chi connectivity index (χ2v) is 5.99. The Kier molecular flexibility index (Phi) is 5.11. The Bertz CT molecular complexity index is 387. The monoisotopic (exact) mass is 430 g/mol. The van der Waals surface area contributed by atoms with E-state index in [1.807, 2.05) is 0 Å². The van der Waals surface area contributed by atoms with Crippen molar-refractivity contribution in [2.24, 2.45) is 0 Å². The number of hydrogen-bond acceptors (Lipinski definition) is 2. The van der Waals surface area contributed by atoms with Gasteiger partial charge in [0.05, 0.1) is 4.76 Å². The van der Waals surface area contributed by atoms with Gasteiger partial charge in [0.15, 0.2) is 0 Å². The summed E-state index contributed by atoms with van der Waals surface area (Å²) in [5.74, 6) is 0. The predicted molar refractivity (Wildman–Crippen MR) is 58.3 cm³/mol. The maximum atomic E-state index is 13.2. The van der Waals surface area contributed by atoms with E-state index in [2.05, 4.69) is 4.74 Å². The van der Waals surface area contributed by atoms with Gasteiger partial charge in [-0.05, 0) is 0 Å². The molecular weight excluding hydrogens is 421 g/mol. The number of nitrogens with zero attached hydrogens (tertiary/aromatic N) is 1. The highest BCUT2D eigenvalue weighted by molar-refractivity contribution is 14.1. The summed E-state index contributed by atoms with van der Waals surface area (Å²) in [5.41, 5.74) is -2.11. The summed E-state index contributed by atoms with van der Waals surface area (Å²) < 4.78 is 97.7. The molecule has 0 spiro atoms. The van der Waals surface area contributed by atoms with Crippen LogP contribution in [0.4, 0.5) is 35.1 Å². The van der Waals surface area contributed by atoms with Crippen molar-refractivity contribution in [1.82, 2.24) is 0 Å². The van der Waals surface area contributed by atoms with Gasteiger partial charge in [0, 0.05) is 48.3 Å². The minimum Gasteiger partial charge on any atom is -0.238 e. The molecule has 0 aliphatic heterocycles. The van der Waals surface area contributed by atoms with Gasteiger partial charge in [-0.2, -0.15) is 26.3 Å². The van der Waals surface area contributed by atoms with Gasteiger partial charge in [-0.25, -0.2) is 4.74 Å². The van der Waals surface area contributed by atoms with Gasteiger partial charge in [0.25, 0.3) is 0 Å². The smallest absolute Gasteiger partial charge is 0.238 e. The highest BCUT2D eigenvalue weighted by Crippen LogP contribution is 2.48. The molecule has 0 N–H and O–H groups in total. The van der Waals surface area contributed by atoms with E-state index in [1.165, 1.54) is 0 Å². The molecule has 0 amide bonds. The molecule has 0 bridgehead atoms. The third-order valence-corrected chi connectivity index (χ3v) is 2.43. The fraction of sp³-hybridized carbons (Fsp3) is 1.00. The molecule has 0 aliphatic carbocycles. The molecule has 0 aromatic rings. The average molecular weight is 430 g/mol. The van der Waals surface area contributed by atoms with Gasteiger partial charge < -0.3 is 0 Å². The summed E-state index contributed by atoms with van der Waals surface area (Å²) in [7, 11) is 0. The van der Waals surface area contributed by atoms with Crippen molar-refractivity contribution in [3.63, 3.8) is 0 Å². The fourth-order valence-corrected chi connectivity index (χ4v) is 0.930. The largest absolute Gasteiger partial charge is 0.595 e. The summed E-state index contributed by atoms with van der Waals surface area (Å²) in [4.78, 5) is 11.0. The summed E-state index contributed by atoms with van der Waals surface area (Å²) >= 11 is -0.257. The molecule has 0 aromatic carbocycles. The second kappa shape index (κ2) is 5.18. The number of nitroso groups, excluding NO2 is 1. The summed E-state index contributed by atoms with van der Waals surface area (Å²) in [6.07, 6.45) is -12.0. The van der Waals surface area contributed by atoms with Crippen LogP contribution in [0.2, 0.25) is 0 Å². The Balaban J connectivity index is 5.50. The Hall–Kier alpha value is -0.270. The van der Waals surface area contributed by atoms with E-state index in [-0.39, 0.29) is 22.6 Å². The van der Waals surface area contributed by atoms with Gasteiger partial charge in [0.2, 0.25) is 5.54 Å². The summed E-state index contributed by atoms with van der Waals surface area (Å²) in [5, 5.41) is 0. The minimum atomic E-state index is -6.14. The van der Waals surface area contributed by atoms with Crippen LogP contribution >= 0.6 is 22.6 Å². The lowest BCUT2D eigenvalue weighted by Crippen LogP contribution is -2.59. The Morgan fingerprint density at radius 2 is 1.20 bits per heavy atom. The molecule has 0 rings (SSSR count). The summed E-state index contributed by atoms with van der Waals surface area (Å²) in [6, 6.07) is -5.78. The van der Waals surface area contributed by atoms with Crippen molar-refractivity contribution in [3.8, 4) is 0 Å². The molecule has 0 fully saturated rings. The van der Waals surface area contributed by atoms with Crippen molar-refractivity contribution in [2.45, 2.75) is 48.5 Å². The molecule has 0 aliphatic rings. The van der Waals surface area contributed by atoms with Crippen molar-refractivity contribution in [3.05, 3.63) is 4.91 Å². The van der Waals surface area contributed by atoms with E-state index in [9.17, 15) is 40.0 Å². The maximum Gasteiger partial charge on any atom is 0.595 e. The number of rotatable bonds is 5. The van der Waals surface area contributed by atoms with Crippen LogP contribution in [0.15, 0.2) is 0 Å². The first-order valence-electron chi connectivity index (χ1n) is 4.74. The topological polar surface area (TPSA) is 29.3 Å². The molecule has 0 radical (unpaired) electrons. The first-order chi connectivity index (χ1) is 8.36. The fourth-order valence-electron chi connectivity index (χ4n) is 0.820. The number of hydrogen-bond donors (Lipinski definition) is 0. The average Bonchev–Trinajstić information content (AvgIpc) is 2.10. The third-order valence-electron chi connectivity index (χ3n) is 1.80. The van der Waals surface area contributed by atoms with Crippen molar-refractivity contribution in [1.29, 1.82) is 0 Å². The van der Waals surface area contributed by atoms with Gasteiger partial charge in [-0.15, -0.1) is 8.78 Å². The van der Waals surface area contributed by atoms with Crippen molar-refractivity contribution < 1.29 is 44.6 Å². The molecule has 20 heavy (non-hydrogen) atoms. The molecule has 0 saturated carbocycles. The quantitative estimate of drug-likeness (QED) is 0.213. The molecule has 0 atom stereocenters. The minimum absolute atomic E-state index is 0.257. The molecular formula is C8H9F8INO2+. The van der Waals surface area contributed by atoms with Gasteiger partial charge in [-0.3, -0.25) is 0 Å². The summed E-state index contributed by atoms with van der Waals surface area (Å²) in [6.45, 7) is 2.36. The van der Waals surface area contributed by atoms with E-state index >= 15 is 0 Å². The molecule has 3 nitrogen and oxygen atoms in total. The van der Waals surface area contributed by atoms with Crippen LogP contribution in [0.5, 0.6) is 0 Å². The zero-order valence-corrected chi connectivity index (χ0v) is 12.3. The molecule has 0 heterocycles. The van der Waals surface area contributed by atoms with Gasteiger partial charge in [-0.1, -0.05) is 0 Å². The molecule has 12 heteroatoms. The van der Waals surface area contributed by atoms with E-state index in [0.717, 1.165) is 20.8 Å². The van der Waals surface area contributed by atoms with Crippen molar-refractivity contribution >= 4 is 22.6 Å². The van der Waals surface area contributed by atoms with Crippen LogP contribution in [0.1, 0.15) is 20.8 Å². The molecule has 0 aromatic heterocycles. The lowest BCUT2D eigenvalue weighted by molar-refractivity contribution is -0.779. The first-order valence-corrected chi connectivity index (χ1v) is 5.82. The standard InChI is InChI=1S/C8H9F8INO2/c1-4(2,3)18(19)6(11,12)8(15,16)20-7(13,14)5(9,10)17/h1-3H3/q+1. The molecule has 0 saturated heterocycles. The number of alkyl halides is 9. The highest BCUT2D eigenvalue weighted by atomic mass is 127. The van der Waals surface area contributed by atoms with E-state index in [4.69, 9.17) is 0 Å². The van der Waals surface area contributed by atoms with E-state index in [0.29, 0.717) is 0 Å². The highest BCUT2D eigenvalue weighted by Gasteiger charge is 2.78. The number of ether oxygens (including phenoxy) is 1. The molecule has 120 valence electrons. The van der Waals surface area contributed by atoms with Crippen LogP contribution in [-0.2, 0) is 4.74 Å². The Morgan fingerprint density at radius 1 is 0.850 bits per heavy atom. The second-order valence-electron chi connectivity index (χ2n) is 4.64. The zero-order valence-electron chi connectivity index (χ0n) is 10.2. The van der Waals surface area contributed by atoms with E-state index < -0.39 is 32.5 Å². The first kappa shape index (κ1) is 19.7. The predicted octanol–water partition coefficient (Wildman–Crippen LogP) is 4.39. The van der Waals surface area contributed by atoms with E-state index in [1.54, 1.807) is 0 Å². The Labute approximate surface area is 121 Å². The maximum absolute atomic E-state index is 13.2. The molecule has 0 unspecified atom stereocenters. The van der Waals surface area contributed by atoms with Crippen LogP contribution < -0.4 is 0 Å². The van der Waals surface area contributed by atoms with Gasteiger partial charge in [0.1, 0.15) is 0 Å². The van der Waals surface area contributed by atoms with Crippen LogP contribution in [-0.4, -0.2) is 32.5 Å². The lowest BCUT2D eigenvalue weighted by Gasteiger charge is -2.28. The Morgan fingerprint density at radius 3 is 1.45 bits per heavy atom. The van der Waals surface area contributed by atoms with Crippen LogP contribution in [0, 0.1) is 4.91 Å².